The summed E-state index contributed by atoms with van der Waals surface area (Å²) in [7, 11) is 4.06. The van der Waals surface area contributed by atoms with Crippen molar-refractivity contribution in [2.75, 3.05) is 20.7 Å². The maximum Gasteiger partial charge on any atom is 0.165 e. The highest BCUT2D eigenvalue weighted by Gasteiger charge is 2.80. The van der Waals surface area contributed by atoms with Crippen LogP contribution in [0.25, 0.3) is 0 Å². The summed E-state index contributed by atoms with van der Waals surface area (Å²) in [6, 6.07) is 4.28. The molecule has 33 heavy (non-hydrogen) atoms. The molecule has 3 fully saturated rings. The third-order valence-electron chi connectivity index (χ3n) is 11.2. The number of ether oxygens (including phenoxy) is 2. The minimum absolute atomic E-state index is 0.0479. The SMILES string of the molecule is COC12C=C[C@]3(CC1C(C)(O)C1CCCCC1)[C@H]1Cc4ccc(O)c5c4[C@@]3(CCN1C)[C@H]2O5. The number of hydrogen-bond donors (Lipinski definition) is 2. The Morgan fingerprint density at radius 1 is 1.18 bits per heavy atom. The Bertz CT molecular complexity index is 1040. The van der Waals surface area contributed by atoms with Crippen LogP contribution in [-0.4, -0.2) is 59.2 Å². The number of likely N-dealkylation sites (tertiary alicyclic amines) is 1. The number of aromatic hydroxyl groups is 1. The van der Waals surface area contributed by atoms with Crippen molar-refractivity contribution in [2.24, 2.45) is 17.3 Å². The quantitative estimate of drug-likeness (QED) is 0.682. The molecule has 0 aromatic heterocycles. The molecule has 2 aliphatic heterocycles. The normalized spacial score (nSPS) is 44.9. The Morgan fingerprint density at radius 3 is 2.73 bits per heavy atom. The summed E-state index contributed by atoms with van der Waals surface area (Å²) in [5.41, 5.74) is 0.677. The van der Waals surface area contributed by atoms with E-state index in [0.29, 0.717) is 11.8 Å². The van der Waals surface area contributed by atoms with Gasteiger partial charge in [-0.1, -0.05) is 37.5 Å². The average molecular weight is 452 g/mol. The number of phenolic OH excluding ortho intramolecular Hbond substituents is 1. The molecule has 0 radical (unpaired) electrons. The van der Waals surface area contributed by atoms with Gasteiger partial charge in [-0.05, 0) is 70.2 Å². The van der Waals surface area contributed by atoms with E-state index in [-0.39, 0.29) is 34.5 Å². The van der Waals surface area contributed by atoms with Gasteiger partial charge in [-0.25, -0.2) is 0 Å². The molecule has 2 heterocycles. The Morgan fingerprint density at radius 2 is 1.97 bits per heavy atom. The van der Waals surface area contributed by atoms with Crippen molar-refractivity contribution in [3.63, 3.8) is 0 Å². The van der Waals surface area contributed by atoms with Crippen LogP contribution < -0.4 is 4.74 Å². The zero-order valence-corrected chi connectivity index (χ0v) is 20.1. The summed E-state index contributed by atoms with van der Waals surface area (Å²) in [6.07, 6.45) is 13.2. The molecule has 1 aromatic carbocycles. The van der Waals surface area contributed by atoms with Crippen LogP contribution in [0, 0.1) is 17.3 Å². The van der Waals surface area contributed by atoms with Gasteiger partial charge in [-0.15, -0.1) is 0 Å². The van der Waals surface area contributed by atoms with Crippen molar-refractivity contribution in [1.29, 1.82) is 0 Å². The lowest BCUT2D eigenvalue weighted by Gasteiger charge is -2.72. The van der Waals surface area contributed by atoms with E-state index in [9.17, 15) is 10.2 Å². The molecular formula is C28H37NO4. The van der Waals surface area contributed by atoms with E-state index in [2.05, 4.69) is 37.1 Å². The lowest BCUT2D eigenvalue weighted by Crippen LogP contribution is -2.81. The zero-order chi connectivity index (χ0) is 22.8. The zero-order valence-electron chi connectivity index (χ0n) is 20.1. The Balaban J connectivity index is 1.47. The summed E-state index contributed by atoms with van der Waals surface area (Å²) in [4.78, 5) is 2.54. The monoisotopic (exact) mass is 451 g/mol. The maximum atomic E-state index is 12.3. The van der Waals surface area contributed by atoms with Gasteiger partial charge in [-0.3, -0.25) is 0 Å². The van der Waals surface area contributed by atoms with Crippen molar-refractivity contribution in [1.82, 2.24) is 4.90 Å². The predicted octanol–water partition coefficient (Wildman–Crippen LogP) is 3.94. The van der Waals surface area contributed by atoms with Crippen LogP contribution in [0.3, 0.4) is 0 Å². The number of fused-ring (bicyclic) bond motifs is 1. The first-order valence-corrected chi connectivity index (χ1v) is 13.0. The molecule has 0 amide bonds. The standard InChI is InChI=1S/C28H37NO4/c1-25(31,18-7-5-4-6-8-18)20-16-26-11-12-28(20,32-3)24-27(26)13-14-29(2)21(26)15-17-9-10-19(30)23(33-24)22(17)27/h9-12,18,20-21,24,30-31H,4-8,13-16H2,1-3H3/t20?,21-,24-,25?,26+,27+,28?/m1/s1. The first-order chi connectivity index (χ1) is 15.8. The van der Waals surface area contributed by atoms with Gasteiger partial charge < -0.3 is 24.6 Å². The first-order valence-electron chi connectivity index (χ1n) is 13.0. The fourth-order valence-corrected chi connectivity index (χ4v) is 9.69. The van der Waals surface area contributed by atoms with Gasteiger partial charge >= 0.3 is 0 Å². The number of phenols is 1. The lowest BCUT2D eigenvalue weighted by atomic mass is 9.35. The van der Waals surface area contributed by atoms with E-state index in [4.69, 9.17) is 9.47 Å². The number of benzene rings is 1. The predicted molar refractivity (Wildman–Crippen MR) is 126 cm³/mol. The Kier molecular flexibility index (Phi) is 4.00. The average Bonchev–Trinajstić information content (AvgIpc) is 3.21. The van der Waals surface area contributed by atoms with Crippen LogP contribution in [0.1, 0.15) is 63.0 Å². The number of hydrogen-bond acceptors (Lipinski definition) is 5. The molecule has 2 saturated carbocycles. The van der Waals surface area contributed by atoms with Crippen LogP contribution in [0.4, 0.5) is 0 Å². The van der Waals surface area contributed by atoms with Crippen LogP contribution in [-0.2, 0) is 16.6 Å². The molecule has 8 rings (SSSR count). The number of piperidine rings is 1. The van der Waals surface area contributed by atoms with E-state index < -0.39 is 11.2 Å². The van der Waals surface area contributed by atoms with E-state index in [0.717, 1.165) is 38.6 Å². The summed E-state index contributed by atoms with van der Waals surface area (Å²) >= 11 is 0. The molecule has 1 aromatic rings. The van der Waals surface area contributed by atoms with Crippen molar-refractivity contribution >= 4 is 0 Å². The van der Waals surface area contributed by atoms with Gasteiger partial charge in [0.2, 0.25) is 0 Å². The Hall–Kier alpha value is -1.56. The van der Waals surface area contributed by atoms with Gasteiger partial charge in [0.05, 0.1) is 11.0 Å². The van der Waals surface area contributed by atoms with Crippen LogP contribution >= 0.6 is 0 Å². The topological polar surface area (TPSA) is 62.2 Å². The van der Waals surface area contributed by atoms with E-state index in [1.165, 1.54) is 30.4 Å². The second kappa shape index (κ2) is 6.35. The van der Waals surface area contributed by atoms with E-state index in [1.807, 2.05) is 0 Å². The highest BCUT2D eigenvalue weighted by Crippen LogP contribution is 2.75. The second-order valence-corrected chi connectivity index (χ2v) is 12.1. The molecule has 7 atom stereocenters. The third kappa shape index (κ3) is 2.13. The van der Waals surface area contributed by atoms with Gasteiger partial charge in [0, 0.05) is 30.0 Å². The van der Waals surface area contributed by atoms with Crippen LogP contribution in [0.2, 0.25) is 0 Å². The molecular weight excluding hydrogens is 414 g/mol. The fourth-order valence-electron chi connectivity index (χ4n) is 9.69. The minimum Gasteiger partial charge on any atom is -0.504 e. The number of aliphatic hydroxyl groups is 1. The number of nitrogens with zero attached hydrogens (tertiary/aromatic N) is 1. The number of rotatable bonds is 3. The molecule has 2 N–H and O–H groups in total. The molecule has 1 saturated heterocycles. The molecule has 3 unspecified atom stereocenters. The largest absolute Gasteiger partial charge is 0.504 e. The fraction of sp³-hybridized carbons (Fsp3) is 0.714. The van der Waals surface area contributed by atoms with E-state index in [1.54, 1.807) is 13.2 Å². The van der Waals surface area contributed by atoms with Crippen molar-refractivity contribution in [3.05, 3.63) is 35.4 Å². The Labute approximate surface area is 196 Å². The highest BCUT2D eigenvalue weighted by molar-refractivity contribution is 5.65. The molecule has 4 bridgehead atoms. The first kappa shape index (κ1) is 20.8. The minimum atomic E-state index is -0.830. The molecule has 5 aliphatic carbocycles. The summed E-state index contributed by atoms with van der Waals surface area (Å²) in [5, 5.41) is 23.2. The van der Waals surface area contributed by atoms with Gasteiger partial charge in [0.15, 0.2) is 11.5 Å². The number of likely N-dealkylation sites (N-methyl/N-ethyl adjacent to an activating group) is 1. The molecule has 2 spiro atoms. The van der Waals surface area contributed by atoms with Crippen LogP contribution in [0.5, 0.6) is 11.5 Å². The van der Waals surface area contributed by atoms with Crippen molar-refractivity contribution in [3.8, 4) is 11.5 Å². The molecule has 7 aliphatic rings. The van der Waals surface area contributed by atoms with Gasteiger partial charge in [0.1, 0.15) is 11.7 Å². The molecule has 178 valence electrons. The lowest BCUT2D eigenvalue weighted by molar-refractivity contribution is -0.256. The molecule has 5 heteroatoms. The summed E-state index contributed by atoms with van der Waals surface area (Å²) in [5.74, 6) is 1.16. The van der Waals surface area contributed by atoms with Gasteiger partial charge in [-0.2, -0.15) is 0 Å². The smallest absolute Gasteiger partial charge is 0.165 e. The van der Waals surface area contributed by atoms with E-state index >= 15 is 0 Å². The van der Waals surface area contributed by atoms with Gasteiger partial charge in [0.25, 0.3) is 0 Å². The number of methoxy groups -OCH3 is 1. The summed E-state index contributed by atoms with van der Waals surface area (Å²) in [6.45, 7) is 3.09. The third-order valence-corrected chi connectivity index (χ3v) is 11.2. The second-order valence-electron chi connectivity index (χ2n) is 12.1. The summed E-state index contributed by atoms with van der Waals surface area (Å²) < 4.78 is 13.3. The van der Waals surface area contributed by atoms with Crippen LogP contribution in [0.15, 0.2) is 24.3 Å². The maximum absolute atomic E-state index is 12.3. The molecule has 5 nitrogen and oxygen atoms in total. The van der Waals surface area contributed by atoms with Crippen molar-refractivity contribution in [2.45, 2.75) is 87.1 Å². The highest BCUT2D eigenvalue weighted by atomic mass is 16.6. The van der Waals surface area contributed by atoms with Crippen molar-refractivity contribution < 1.29 is 19.7 Å².